The largest absolute Gasteiger partial charge is 0.481 e. The Kier molecular flexibility index (Phi) is 14.7. The van der Waals surface area contributed by atoms with Crippen molar-refractivity contribution in [2.24, 2.45) is 17.4 Å². The topological polar surface area (TPSA) is 234 Å². The number of nitrogens with one attached hydrogen (secondary N) is 3. The van der Waals surface area contributed by atoms with Crippen molar-refractivity contribution in [1.29, 1.82) is 0 Å². The van der Waals surface area contributed by atoms with Crippen molar-refractivity contribution in [2.45, 2.75) is 89.6 Å². The van der Waals surface area contributed by atoms with E-state index in [2.05, 4.69) is 16.0 Å². The van der Waals surface area contributed by atoms with Crippen LogP contribution in [0.1, 0.15) is 59.3 Å². The van der Waals surface area contributed by atoms with Gasteiger partial charge >= 0.3 is 11.9 Å². The lowest BCUT2D eigenvalue weighted by atomic mass is 10.0. The van der Waals surface area contributed by atoms with Crippen LogP contribution >= 0.6 is 0 Å². The number of aliphatic carboxylic acids is 2. The Morgan fingerprint density at radius 2 is 1.41 bits per heavy atom. The first-order chi connectivity index (χ1) is 15.8. The molecule has 0 bridgehead atoms. The van der Waals surface area contributed by atoms with Gasteiger partial charge in [0.15, 0.2) is 0 Å². The molecule has 0 aromatic carbocycles. The van der Waals surface area contributed by atoms with Gasteiger partial charge in [-0.25, -0.2) is 4.79 Å². The van der Waals surface area contributed by atoms with E-state index in [-0.39, 0.29) is 31.6 Å². The summed E-state index contributed by atoms with van der Waals surface area (Å²) in [6.45, 7) is 5.25. The van der Waals surface area contributed by atoms with Crippen LogP contribution < -0.4 is 27.4 Å². The molecule has 5 unspecified atom stereocenters. The van der Waals surface area contributed by atoms with Crippen LogP contribution in [-0.2, 0) is 24.0 Å². The minimum absolute atomic E-state index is 0.0550. The lowest BCUT2D eigenvalue weighted by molar-refractivity contribution is -0.143. The molecule has 0 spiro atoms. The fourth-order valence-corrected chi connectivity index (χ4v) is 3.06. The van der Waals surface area contributed by atoms with E-state index in [4.69, 9.17) is 16.6 Å². The van der Waals surface area contributed by atoms with Gasteiger partial charge in [0.1, 0.15) is 18.1 Å². The number of carbonyl (C=O) groups excluding carboxylic acids is 3. The highest BCUT2D eigenvalue weighted by atomic mass is 16.4. The average Bonchev–Trinajstić information content (AvgIpc) is 2.73. The number of nitrogens with two attached hydrogens (primary N) is 2. The molecular weight excluding hydrogens is 450 g/mol. The smallest absolute Gasteiger partial charge is 0.326 e. The molecule has 13 heteroatoms. The number of amides is 3. The molecule has 10 N–H and O–H groups in total. The first-order valence-electron chi connectivity index (χ1n) is 11.3. The summed E-state index contributed by atoms with van der Waals surface area (Å²) < 4.78 is 0. The molecule has 0 radical (unpaired) electrons. The highest BCUT2D eigenvalue weighted by Crippen LogP contribution is 2.09. The molecule has 5 atom stereocenters. The van der Waals surface area contributed by atoms with Gasteiger partial charge in [0.05, 0.1) is 12.1 Å². The second-order valence-corrected chi connectivity index (χ2v) is 8.64. The van der Waals surface area contributed by atoms with Gasteiger partial charge in [0, 0.05) is 6.42 Å². The monoisotopic (exact) mass is 489 g/mol. The van der Waals surface area contributed by atoms with E-state index in [1.165, 1.54) is 6.92 Å². The Hall–Kier alpha value is -2.77. The van der Waals surface area contributed by atoms with Gasteiger partial charge in [0.25, 0.3) is 0 Å². The maximum absolute atomic E-state index is 12.8. The maximum Gasteiger partial charge on any atom is 0.326 e. The van der Waals surface area contributed by atoms with Crippen LogP contribution in [0.2, 0.25) is 0 Å². The minimum Gasteiger partial charge on any atom is -0.481 e. The van der Waals surface area contributed by atoms with Crippen molar-refractivity contribution in [3.05, 3.63) is 0 Å². The van der Waals surface area contributed by atoms with Crippen molar-refractivity contribution < 1.29 is 39.3 Å². The number of carboxylic acids is 2. The molecule has 0 saturated heterocycles. The second-order valence-electron chi connectivity index (χ2n) is 8.64. The maximum atomic E-state index is 12.8. The molecular formula is C21H39N5O8. The van der Waals surface area contributed by atoms with Crippen LogP contribution in [0.4, 0.5) is 0 Å². The molecule has 3 amide bonds. The van der Waals surface area contributed by atoms with Crippen LogP contribution in [0.25, 0.3) is 0 Å². The number of carbonyl (C=O) groups is 5. The van der Waals surface area contributed by atoms with Crippen molar-refractivity contribution in [1.82, 2.24) is 16.0 Å². The summed E-state index contributed by atoms with van der Waals surface area (Å²) in [5.41, 5.74) is 11.1. The molecule has 0 aliphatic heterocycles. The lowest BCUT2D eigenvalue weighted by Gasteiger charge is -2.27. The summed E-state index contributed by atoms with van der Waals surface area (Å²) in [7, 11) is 0. The van der Waals surface area contributed by atoms with Crippen LogP contribution in [0.3, 0.4) is 0 Å². The molecule has 0 saturated carbocycles. The molecule has 0 aliphatic carbocycles. The van der Waals surface area contributed by atoms with Gasteiger partial charge in [-0.3, -0.25) is 19.2 Å². The predicted octanol–water partition coefficient (Wildman–Crippen LogP) is -1.73. The second kappa shape index (κ2) is 16.0. The fourth-order valence-electron chi connectivity index (χ4n) is 3.06. The number of hydrogen-bond donors (Lipinski definition) is 8. The van der Waals surface area contributed by atoms with Gasteiger partial charge in [0.2, 0.25) is 17.7 Å². The zero-order chi connectivity index (χ0) is 26.4. The van der Waals surface area contributed by atoms with Gasteiger partial charge in [-0.1, -0.05) is 13.8 Å². The summed E-state index contributed by atoms with van der Waals surface area (Å²) in [6, 6.07) is -4.97. The molecule has 34 heavy (non-hydrogen) atoms. The first-order valence-corrected chi connectivity index (χ1v) is 11.3. The minimum atomic E-state index is -1.47. The van der Waals surface area contributed by atoms with Gasteiger partial charge < -0.3 is 42.7 Å². The Labute approximate surface area is 199 Å². The van der Waals surface area contributed by atoms with Crippen molar-refractivity contribution in [3.63, 3.8) is 0 Å². The number of unbranched alkanes of at least 4 members (excludes halogenated alkanes) is 1. The van der Waals surface area contributed by atoms with E-state index in [0.29, 0.717) is 19.4 Å². The normalized spacial score (nSPS) is 15.5. The van der Waals surface area contributed by atoms with Gasteiger partial charge in [-0.2, -0.15) is 0 Å². The number of aliphatic hydroxyl groups excluding tert-OH is 1. The molecule has 13 nitrogen and oxygen atoms in total. The number of carboxylic acid groups (broad SMARTS) is 2. The van der Waals surface area contributed by atoms with E-state index in [9.17, 15) is 34.2 Å². The number of hydrogen-bond acceptors (Lipinski definition) is 8. The molecule has 0 rings (SSSR count). The first kappa shape index (κ1) is 31.2. The summed E-state index contributed by atoms with van der Waals surface area (Å²) >= 11 is 0. The van der Waals surface area contributed by atoms with Gasteiger partial charge in [-0.05, 0) is 51.5 Å². The lowest BCUT2D eigenvalue weighted by Crippen LogP contribution is -2.60. The van der Waals surface area contributed by atoms with Crippen LogP contribution in [0, 0.1) is 5.92 Å². The van der Waals surface area contributed by atoms with Crippen molar-refractivity contribution >= 4 is 29.7 Å². The number of aliphatic hydroxyl groups is 1. The summed E-state index contributed by atoms with van der Waals surface area (Å²) in [4.78, 5) is 60.0. The molecule has 0 aromatic heterocycles. The van der Waals surface area contributed by atoms with E-state index in [1.54, 1.807) is 13.8 Å². The third-order valence-corrected chi connectivity index (χ3v) is 4.97. The van der Waals surface area contributed by atoms with Gasteiger partial charge in [-0.15, -0.1) is 0 Å². The highest BCUT2D eigenvalue weighted by molar-refractivity contribution is 5.94. The molecule has 196 valence electrons. The third kappa shape index (κ3) is 12.5. The quantitative estimate of drug-likeness (QED) is 0.107. The molecule has 0 fully saturated rings. The highest BCUT2D eigenvalue weighted by Gasteiger charge is 2.32. The summed E-state index contributed by atoms with van der Waals surface area (Å²) in [5.74, 6) is -4.83. The molecule has 0 heterocycles. The zero-order valence-corrected chi connectivity index (χ0v) is 20.0. The Bertz CT molecular complexity index is 701. The van der Waals surface area contributed by atoms with E-state index >= 15 is 0 Å². The van der Waals surface area contributed by atoms with Crippen LogP contribution in [0.5, 0.6) is 0 Å². The zero-order valence-electron chi connectivity index (χ0n) is 20.0. The Morgan fingerprint density at radius 3 is 1.88 bits per heavy atom. The Balaban J connectivity index is 5.35. The summed E-state index contributed by atoms with van der Waals surface area (Å²) in [6.07, 6.45) is -0.460. The van der Waals surface area contributed by atoms with E-state index in [1.807, 2.05) is 0 Å². The molecule has 0 aliphatic rings. The van der Waals surface area contributed by atoms with Crippen molar-refractivity contribution in [3.8, 4) is 0 Å². The fraction of sp³-hybridized carbons (Fsp3) is 0.762. The summed E-state index contributed by atoms with van der Waals surface area (Å²) in [5, 5.41) is 35.3. The third-order valence-electron chi connectivity index (χ3n) is 4.97. The van der Waals surface area contributed by atoms with Crippen LogP contribution in [0.15, 0.2) is 0 Å². The van der Waals surface area contributed by atoms with E-state index < -0.39 is 59.9 Å². The predicted molar refractivity (Wildman–Crippen MR) is 122 cm³/mol. The standard InChI is InChI=1S/C21H39N5O8/c1-11(2)10-15(19(31)24-14(21(33)34)6-4-5-9-22)25-20(32)17(12(3)27)26-18(30)13(23)7-8-16(28)29/h11-15,17,27H,4-10,22-23H2,1-3H3,(H,24,31)(H,25,32)(H,26,30)(H,28,29)(H,33,34). The Morgan fingerprint density at radius 1 is 0.824 bits per heavy atom. The molecule has 0 aromatic rings. The van der Waals surface area contributed by atoms with Crippen molar-refractivity contribution in [2.75, 3.05) is 6.54 Å². The average molecular weight is 490 g/mol. The SMILES string of the molecule is CC(C)CC(NC(=O)C(NC(=O)C(N)CCC(=O)O)C(C)O)C(=O)NC(CCCCN)C(=O)O. The number of rotatable bonds is 17. The van der Waals surface area contributed by atoms with E-state index in [0.717, 1.165) is 0 Å². The van der Waals surface area contributed by atoms with Crippen LogP contribution in [-0.4, -0.2) is 81.8 Å².